The average Bonchev–Trinajstić information content (AvgIpc) is 2.59. The van der Waals surface area contributed by atoms with E-state index in [0.29, 0.717) is 30.8 Å². The molecule has 1 fully saturated rings. The lowest BCUT2D eigenvalue weighted by atomic mass is 9.74. The maximum absolute atomic E-state index is 12.5. The van der Waals surface area contributed by atoms with Crippen LogP contribution in [0.5, 0.6) is 5.75 Å². The summed E-state index contributed by atoms with van der Waals surface area (Å²) in [5.74, 6) is -0.585. The van der Waals surface area contributed by atoms with Crippen molar-refractivity contribution in [3.05, 3.63) is 59.9 Å². The molecule has 1 amide bonds. The van der Waals surface area contributed by atoms with Crippen molar-refractivity contribution in [1.29, 1.82) is 0 Å². The van der Waals surface area contributed by atoms with Gasteiger partial charge in [0.25, 0.3) is 5.91 Å². The fraction of sp³-hybridized carbons (Fsp3) is 0.316. The molecule has 130 valence electrons. The van der Waals surface area contributed by atoms with Gasteiger partial charge in [-0.05, 0) is 43.5 Å². The molecule has 0 atom stereocenters. The lowest BCUT2D eigenvalue weighted by molar-refractivity contribution is -0.139. The number of amides is 1. The molecule has 0 aliphatic heterocycles. The van der Waals surface area contributed by atoms with Gasteiger partial charge in [0.05, 0.1) is 12.0 Å². The normalized spacial score (nSPS) is 15.0. The van der Waals surface area contributed by atoms with Gasteiger partial charge >= 0.3 is 5.97 Å². The van der Waals surface area contributed by atoms with Gasteiger partial charge in [-0.2, -0.15) is 0 Å². The number of ether oxygens (including phenoxy) is 1. The Labute approximate surface area is 145 Å². The van der Waals surface area contributed by atoms with Crippen LogP contribution in [0.2, 0.25) is 0 Å². The smallest absolute Gasteiger partial charge is 0.305 e. The van der Waals surface area contributed by atoms with E-state index in [4.69, 9.17) is 9.84 Å². The van der Waals surface area contributed by atoms with Crippen molar-refractivity contribution >= 4 is 11.9 Å². The van der Waals surface area contributed by atoms with Crippen LogP contribution in [-0.2, 0) is 11.4 Å². The Balaban J connectivity index is 1.64. The molecule has 0 spiro atoms. The second-order valence-electron chi connectivity index (χ2n) is 6.34. The third-order valence-electron chi connectivity index (χ3n) is 4.40. The number of aliphatic carboxylic acids is 1. The van der Waals surface area contributed by atoms with Gasteiger partial charge in [0, 0.05) is 23.5 Å². The molecule has 3 rings (SSSR count). The van der Waals surface area contributed by atoms with Crippen LogP contribution in [0.15, 0.2) is 48.8 Å². The molecule has 6 heteroatoms. The number of carbonyl (C=O) groups is 2. The lowest BCUT2D eigenvalue weighted by Gasteiger charge is -2.41. The number of hydrogen-bond acceptors (Lipinski definition) is 4. The first-order chi connectivity index (χ1) is 12.1. The summed E-state index contributed by atoms with van der Waals surface area (Å²) in [6, 6.07) is 10.6. The summed E-state index contributed by atoms with van der Waals surface area (Å²) in [6.45, 7) is 0.363. The highest BCUT2D eigenvalue weighted by Crippen LogP contribution is 2.35. The Bertz CT molecular complexity index is 757. The van der Waals surface area contributed by atoms with Gasteiger partial charge in [-0.15, -0.1) is 0 Å². The van der Waals surface area contributed by atoms with Gasteiger partial charge < -0.3 is 15.2 Å². The number of carbonyl (C=O) groups excluding carboxylic acids is 1. The molecule has 0 saturated heterocycles. The minimum atomic E-state index is -0.895. The first-order valence-electron chi connectivity index (χ1n) is 8.22. The van der Waals surface area contributed by atoms with Crippen LogP contribution in [0.4, 0.5) is 0 Å². The largest absolute Gasteiger partial charge is 0.489 e. The zero-order valence-corrected chi connectivity index (χ0v) is 13.8. The quantitative estimate of drug-likeness (QED) is 0.809. The zero-order valence-electron chi connectivity index (χ0n) is 13.8. The van der Waals surface area contributed by atoms with Gasteiger partial charge in [0.1, 0.15) is 12.4 Å². The van der Waals surface area contributed by atoms with E-state index in [1.165, 1.54) is 0 Å². The number of nitrogens with zero attached hydrogens (tertiary/aromatic N) is 1. The highest BCUT2D eigenvalue weighted by Gasteiger charge is 2.40. The van der Waals surface area contributed by atoms with E-state index in [0.717, 1.165) is 12.0 Å². The predicted molar refractivity (Wildman–Crippen MR) is 91.3 cm³/mol. The highest BCUT2D eigenvalue weighted by molar-refractivity contribution is 5.95. The van der Waals surface area contributed by atoms with E-state index >= 15 is 0 Å². The fourth-order valence-electron chi connectivity index (χ4n) is 2.93. The average molecular weight is 340 g/mol. The van der Waals surface area contributed by atoms with Crippen molar-refractivity contribution in [2.75, 3.05) is 0 Å². The minimum absolute atomic E-state index is 0.0457. The Morgan fingerprint density at radius 1 is 1.24 bits per heavy atom. The summed E-state index contributed by atoms with van der Waals surface area (Å²) in [4.78, 5) is 27.5. The van der Waals surface area contributed by atoms with Crippen molar-refractivity contribution in [1.82, 2.24) is 10.3 Å². The molecule has 25 heavy (non-hydrogen) atoms. The Morgan fingerprint density at radius 3 is 2.72 bits per heavy atom. The van der Waals surface area contributed by atoms with E-state index in [-0.39, 0.29) is 12.3 Å². The summed E-state index contributed by atoms with van der Waals surface area (Å²) in [5, 5.41) is 11.9. The topological polar surface area (TPSA) is 88.5 Å². The van der Waals surface area contributed by atoms with Crippen molar-refractivity contribution in [3.8, 4) is 5.75 Å². The van der Waals surface area contributed by atoms with Gasteiger partial charge in [0.15, 0.2) is 0 Å². The Hall–Kier alpha value is -2.89. The maximum atomic E-state index is 12.5. The van der Waals surface area contributed by atoms with Gasteiger partial charge in [0.2, 0.25) is 0 Å². The molecule has 1 aliphatic carbocycles. The number of aromatic nitrogens is 1. The zero-order chi connectivity index (χ0) is 17.7. The molecule has 2 aromatic rings. The van der Waals surface area contributed by atoms with Crippen LogP contribution >= 0.6 is 0 Å². The van der Waals surface area contributed by atoms with Gasteiger partial charge in [-0.3, -0.25) is 14.6 Å². The number of pyridine rings is 1. The molecule has 1 saturated carbocycles. The maximum Gasteiger partial charge on any atom is 0.305 e. The molecule has 1 aromatic carbocycles. The highest BCUT2D eigenvalue weighted by atomic mass is 16.5. The van der Waals surface area contributed by atoms with E-state index < -0.39 is 11.5 Å². The second kappa shape index (κ2) is 7.34. The van der Waals surface area contributed by atoms with Crippen molar-refractivity contribution < 1.29 is 19.4 Å². The first kappa shape index (κ1) is 17.0. The van der Waals surface area contributed by atoms with Gasteiger partial charge in [-0.25, -0.2) is 0 Å². The summed E-state index contributed by atoms with van der Waals surface area (Å²) in [5.41, 5.74) is 0.780. The van der Waals surface area contributed by atoms with Crippen molar-refractivity contribution in [2.24, 2.45) is 0 Å². The fourth-order valence-corrected chi connectivity index (χ4v) is 2.93. The van der Waals surface area contributed by atoms with Crippen LogP contribution in [0.1, 0.15) is 41.6 Å². The van der Waals surface area contributed by atoms with Crippen molar-refractivity contribution in [3.63, 3.8) is 0 Å². The van der Waals surface area contributed by atoms with Crippen molar-refractivity contribution in [2.45, 2.75) is 37.8 Å². The number of hydrogen-bond donors (Lipinski definition) is 2. The minimum Gasteiger partial charge on any atom is -0.489 e. The summed E-state index contributed by atoms with van der Waals surface area (Å²) in [7, 11) is 0. The molecule has 1 aromatic heterocycles. The predicted octanol–water partition coefficient (Wildman–Crippen LogP) is 2.79. The molecule has 1 heterocycles. The number of benzene rings is 1. The van der Waals surface area contributed by atoms with E-state index in [9.17, 15) is 9.59 Å². The molecule has 1 aliphatic rings. The molecular formula is C19H20N2O4. The standard InChI is InChI=1S/C19H20N2O4/c22-17(23)11-19(7-3-8-19)21-18(24)15-5-1-6-16(10-15)25-13-14-4-2-9-20-12-14/h1-2,4-6,9-10,12H,3,7-8,11,13H2,(H,21,24)(H,22,23). The van der Waals surface area contributed by atoms with Crippen LogP contribution in [0, 0.1) is 0 Å². The van der Waals surface area contributed by atoms with Crippen LogP contribution in [-0.4, -0.2) is 27.5 Å². The molecule has 0 unspecified atom stereocenters. The monoisotopic (exact) mass is 340 g/mol. The molecule has 6 nitrogen and oxygen atoms in total. The number of nitrogens with one attached hydrogen (secondary N) is 1. The number of rotatable bonds is 7. The molecule has 0 bridgehead atoms. The summed E-state index contributed by atoms with van der Waals surface area (Å²) in [6.07, 6.45) is 5.70. The summed E-state index contributed by atoms with van der Waals surface area (Å²) >= 11 is 0. The molecular weight excluding hydrogens is 320 g/mol. The lowest BCUT2D eigenvalue weighted by Crippen LogP contribution is -2.54. The Morgan fingerprint density at radius 2 is 2.08 bits per heavy atom. The third kappa shape index (κ3) is 4.35. The van der Waals surface area contributed by atoms with E-state index in [1.807, 2.05) is 12.1 Å². The van der Waals surface area contributed by atoms with E-state index in [1.54, 1.807) is 36.7 Å². The van der Waals surface area contributed by atoms with Crippen LogP contribution in [0.3, 0.4) is 0 Å². The third-order valence-corrected chi connectivity index (χ3v) is 4.40. The Kier molecular flexibility index (Phi) is 4.97. The summed E-state index contributed by atoms with van der Waals surface area (Å²) < 4.78 is 5.70. The first-order valence-corrected chi connectivity index (χ1v) is 8.22. The SMILES string of the molecule is O=C(O)CC1(NC(=O)c2cccc(OCc3cccnc3)c2)CCC1. The van der Waals surface area contributed by atoms with Gasteiger partial charge in [-0.1, -0.05) is 12.1 Å². The number of carboxylic acids is 1. The second-order valence-corrected chi connectivity index (χ2v) is 6.34. The number of carboxylic acid groups (broad SMARTS) is 1. The van der Waals surface area contributed by atoms with E-state index in [2.05, 4.69) is 10.3 Å². The van der Waals surface area contributed by atoms with Crippen LogP contribution in [0.25, 0.3) is 0 Å². The molecule has 0 radical (unpaired) electrons. The molecule has 2 N–H and O–H groups in total. The van der Waals surface area contributed by atoms with Crippen LogP contribution < -0.4 is 10.1 Å².